The Bertz CT molecular complexity index is 971. The fraction of sp³-hybridized carbons (Fsp3) is 0.333. The van der Waals surface area contributed by atoms with Crippen molar-refractivity contribution in [1.82, 2.24) is 10.2 Å². The summed E-state index contributed by atoms with van der Waals surface area (Å²) in [5, 5.41) is 2.72. The first-order valence-corrected chi connectivity index (χ1v) is 11.2. The van der Waals surface area contributed by atoms with Crippen molar-refractivity contribution in [2.24, 2.45) is 0 Å². The summed E-state index contributed by atoms with van der Waals surface area (Å²) >= 11 is 0. The number of benzene rings is 2. The molecule has 0 bridgehead atoms. The molecule has 0 aliphatic carbocycles. The average Bonchev–Trinajstić information content (AvgIpc) is 2.70. The highest BCUT2D eigenvalue weighted by atomic mass is 32.2. The van der Waals surface area contributed by atoms with Gasteiger partial charge in [0, 0.05) is 26.2 Å². The Morgan fingerprint density at radius 3 is 2.10 bits per heavy atom. The highest BCUT2D eigenvalue weighted by molar-refractivity contribution is 7.92. The van der Waals surface area contributed by atoms with Crippen molar-refractivity contribution >= 4 is 27.5 Å². The molecule has 0 aromatic heterocycles. The fourth-order valence-electron chi connectivity index (χ4n) is 2.69. The topological polar surface area (TPSA) is 96.0 Å². The maximum Gasteiger partial charge on any atom is 0.253 e. The van der Waals surface area contributed by atoms with E-state index in [9.17, 15) is 18.0 Å². The number of ether oxygens (including phenoxy) is 1. The number of sulfonamides is 1. The molecule has 2 amide bonds. The van der Waals surface area contributed by atoms with Gasteiger partial charge in [0.25, 0.3) is 5.91 Å². The number of nitrogens with zero attached hydrogens (tertiary/aromatic N) is 2. The smallest absolute Gasteiger partial charge is 0.253 e. The maximum atomic E-state index is 12.4. The van der Waals surface area contributed by atoms with Crippen LogP contribution in [0.3, 0.4) is 0 Å². The highest BCUT2D eigenvalue weighted by Crippen LogP contribution is 2.19. The van der Waals surface area contributed by atoms with Crippen molar-refractivity contribution in [1.29, 1.82) is 0 Å². The molecule has 2 aromatic rings. The maximum absolute atomic E-state index is 12.4. The summed E-state index contributed by atoms with van der Waals surface area (Å²) in [6, 6.07) is 13.4. The molecule has 2 aromatic carbocycles. The van der Waals surface area contributed by atoms with E-state index in [2.05, 4.69) is 5.32 Å². The van der Waals surface area contributed by atoms with Gasteiger partial charge in [-0.15, -0.1) is 0 Å². The van der Waals surface area contributed by atoms with Gasteiger partial charge in [0.1, 0.15) is 12.3 Å². The van der Waals surface area contributed by atoms with Gasteiger partial charge in [0.05, 0.1) is 18.6 Å². The second kappa shape index (κ2) is 10.1. The number of rotatable bonds is 9. The van der Waals surface area contributed by atoms with Gasteiger partial charge in [0.2, 0.25) is 15.9 Å². The first-order chi connectivity index (χ1) is 14.1. The van der Waals surface area contributed by atoms with Gasteiger partial charge in [-0.3, -0.25) is 13.9 Å². The number of hydrogen-bond acceptors (Lipinski definition) is 5. The summed E-state index contributed by atoms with van der Waals surface area (Å²) < 4.78 is 30.8. The quantitative estimate of drug-likeness (QED) is 0.651. The largest absolute Gasteiger partial charge is 0.494 e. The molecule has 1 N–H and O–H groups in total. The zero-order chi connectivity index (χ0) is 22.3. The lowest BCUT2D eigenvalue weighted by Crippen LogP contribution is -2.40. The fourth-order valence-corrected chi connectivity index (χ4v) is 3.54. The van der Waals surface area contributed by atoms with Crippen molar-refractivity contribution in [3.8, 4) is 5.75 Å². The molecular formula is C21H27N3O5S. The second-order valence-electron chi connectivity index (χ2n) is 6.87. The van der Waals surface area contributed by atoms with E-state index in [1.807, 2.05) is 31.2 Å². The molecule has 0 heterocycles. The molecule has 0 aliphatic rings. The summed E-state index contributed by atoms with van der Waals surface area (Å²) in [5.41, 5.74) is 1.60. The van der Waals surface area contributed by atoms with Crippen LogP contribution in [-0.4, -0.2) is 58.6 Å². The van der Waals surface area contributed by atoms with Crippen LogP contribution < -0.4 is 14.4 Å². The molecule has 0 fully saturated rings. The first kappa shape index (κ1) is 23.2. The minimum absolute atomic E-state index is 0.194. The van der Waals surface area contributed by atoms with Crippen LogP contribution >= 0.6 is 0 Å². The Kier molecular flexibility index (Phi) is 7.82. The molecule has 0 radical (unpaired) electrons. The third kappa shape index (κ3) is 6.48. The Morgan fingerprint density at radius 2 is 1.60 bits per heavy atom. The van der Waals surface area contributed by atoms with Gasteiger partial charge in [-0.05, 0) is 48.9 Å². The Labute approximate surface area is 177 Å². The molecule has 0 unspecified atom stereocenters. The van der Waals surface area contributed by atoms with Crippen LogP contribution in [0.4, 0.5) is 5.69 Å². The minimum atomic E-state index is -3.70. The van der Waals surface area contributed by atoms with Crippen LogP contribution in [0.1, 0.15) is 22.8 Å². The lowest BCUT2D eigenvalue weighted by atomic mass is 10.2. The molecule has 0 spiro atoms. The second-order valence-corrected chi connectivity index (χ2v) is 8.78. The van der Waals surface area contributed by atoms with Crippen LogP contribution in [0.5, 0.6) is 5.75 Å². The standard InChI is InChI=1S/C21H27N3O5S/c1-5-29-19-12-6-16(7-13-19)14-22-20(25)15-24(30(4,27)28)18-10-8-17(9-11-18)21(26)23(2)3/h6-13H,5,14-15H2,1-4H3,(H,22,25). The third-order valence-corrected chi connectivity index (χ3v) is 5.36. The number of amides is 2. The van der Waals surface area contributed by atoms with E-state index in [1.54, 1.807) is 14.1 Å². The van der Waals surface area contributed by atoms with Crippen molar-refractivity contribution in [3.05, 3.63) is 59.7 Å². The molecule has 2 rings (SSSR count). The predicted molar refractivity (Wildman–Crippen MR) is 116 cm³/mol. The predicted octanol–water partition coefficient (Wildman–Crippen LogP) is 1.87. The summed E-state index contributed by atoms with van der Waals surface area (Å²) in [7, 11) is -0.431. The van der Waals surface area contributed by atoms with Gasteiger partial charge in [0.15, 0.2) is 0 Å². The molecule has 8 nitrogen and oxygen atoms in total. The average molecular weight is 434 g/mol. The van der Waals surface area contributed by atoms with Crippen LogP contribution in [0.2, 0.25) is 0 Å². The third-order valence-electron chi connectivity index (χ3n) is 4.22. The van der Waals surface area contributed by atoms with Gasteiger partial charge in [-0.2, -0.15) is 0 Å². The normalized spacial score (nSPS) is 10.9. The van der Waals surface area contributed by atoms with Gasteiger partial charge in [-0.1, -0.05) is 12.1 Å². The van der Waals surface area contributed by atoms with E-state index in [0.717, 1.165) is 21.9 Å². The van der Waals surface area contributed by atoms with Crippen molar-refractivity contribution in [2.45, 2.75) is 13.5 Å². The number of carbonyl (C=O) groups excluding carboxylic acids is 2. The number of anilines is 1. The Morgan fingerprint density at radius 1 is 1.00 bits per heavy atom. The van der Waals surface area contributed by atoms with E-state index in [1.165, 1.54) is 29.2 Å². The van der Waals surface area contributed by atoms with E-state index < -0.39 is 15.9 Å². The van der Waals surface area contributed by atoms with E-state index in [0.29, 0.717) is 17.9 Å². The number of hydrogen-bond donors (Lipinski definition) is 1. The molecule has 9 heteroatoms. The lowest BCUT2D eigenvalue weighted by molar-refractivity contribution is -0.119. The molecule has 0 atom stereocenters. The summed E-state index contributed by atoms with van der Waals surface area (Å²) in [5.74, 6) is 0.107. The molecule has 0 saturated heterocycles. The SMILES string of the molecule is CCOc1ccc(CNC(=O)CN(c2ccc(C(=O)N(C)C)cc2)S(C)(=O)=O)cc1. The molecule has 30 heavy (non-hydrogen) atoms. The van der Waals surface area contributed by atoms with E-state index in [4.69, 9.17) is 4.74 Å². The molecular weight excluding hydrogens is 406 g/mol. The molecule has 162 valence electrons. The number of carbonyl (C=O) groups is 2. The summed E-state index contributed by atoms with van der Waals surface area (Å²) in [6.45, 7) is 2.37. The molecule has 0 saturated carbocycles. The van der Waals surface area contributed by atoms with Gasteiger partial charge in [-0.25, -0.2) is 8.42 Å². The van der Waals surface area contributed by atoms with Crippen molar-refractivity contribution < 1.29 is 22.7 Å². The zero-order valence-corrected chi connectivity index (χ0v) is 18.4. The van der Waals surface area contributed by atoms with Crippen LogP contribution in [-0.2, 0) is 21.4 Å². The van der Waals surface area contributed by atoms with Crippen LogP contribution in [0.25, 0.3) is 0 Å². The minimum Gasteiger partial charge on any atom is -0.494 e. The Balaban J connectivity index is 2.05. The van der Waals surface area contributed by atoms with Gasteiger partial charge >= 0.3 is 0 Å². The van der Waals surface area contributed by atoms with Crippen LogP contribution in [0, 0.1) is 0 Å². The first-order valence-electron chi connectivity index (χ1n) is 9.39. The monoisotopic (exact) mass is 433 g/mol. The highest BCUT2D eigenvalue weighted by Gasteiger charge is 2.21. The van der Waals surface area contributed by atoms with Gasteiger partial charge < -0.3 is 15.0 Å². The lowest BCUT2D eigenvalue weighted by Gasteiger charge is -2.22. The van der Waals surface area contributed by atoms with E-state index in [-0.39, 0.29) is 19.0 Å². The molecule has 0 aliphatic heterocycles. The zero-order valence-electron chi connectivity index (χ0n) is 17.6. The van der Waals surface area contributed by atoms with Crippen molar-refractivity contribution in [2.75, 3.05) is 37.8 Å². The Hall–Kier alpha value is -3.07. The number of nitrogens with one attached hydrogen (secondary N) is 1. The summed E-state index contributed by atoms with van der Waals surface area (Å²) in [6.07, 6.45) is 1.03. The summed E-state index contributed by atoms with van der Waals surface area (Å²) in [4.78, 5) is 25.8. The van der Waals surface area contributed by atoms with Crippen LogP contribution in [0.15, 0.2) is 48.5 Å². The van der Waals surface area contributed by atoms with E-state index >= 15 is 0 Å². The van der Waals surface area contributed by atoms with Crippen molar-refractivity contribution in [3.63, 3.8) is 0 Å².